The third kappa shape index (κ3) is 4.66. The minimum Gasteiger partial charge on any atom is -0.394 e. The number of nitrogens with one attached hydrogen (secondary N) is 2. The lowest BCUT2D eigenvalue weighted by Gasteiger charge is -2.34. The second-order valence-electron chi connectivity index (χ2n) is 8.94. The van der Waals surface area contributed by atoms with Crippen LogP contribution in [-0.2, 0) is 14.4 Å². The molecule has 1 fully saturated rings. The molecule has 3 rings (SSSR count). The van der Waals surface area contributed by atoms with Gasteiger partial charge < -0.3 is 20.6 Å². The number of amides is 3. The first kappa shape index (κ1) is 25.2. The van der Waals surface area contributed by atoms with Crippen molar-refractivity contribution in [1.82, 2.24) is 10.2 Å². The van der Waals surface area contributed by atoms with E-state index >= 15 is 0 Å². The summed E-state index contributed by atoms with van der Waals surface area (Å²) in [6.45, 7) is 5.51. The SMILES string of the molecule is CCC[C@@H]1C=C[C@H]2[C@H](C(=O)N([C@@H](CC)CO)[C@@H]2C(=O)Nc2c(C)cccc2Cl)[C@@H]1C(=O)NC. The van der Waals surface area contributed by atoms with Crippen molar-refractivity contribution in [2.24, 2.45) is 23.7 Å². The molecule has 3 amide bonds. The second kappa shape index (κ2) is 10.7. The Balaban J connectivity index is 2.06. The van der Waals surface area contributed by atoms with Crippen LogP contribution in [0.5, 0.6) is 0 Å². The normalized spacial score (nSPS) is 27.3. The Morgan fingerprint density at radius 3 is 2.52 bits per heavy atom. The Morgan fingerprint density at radius 2 is 1.94 bits per heavy atom. The summed E-state index contributed by atoms with van der Waals surface area (Å²) in [6, 6.07) is 3.99. The van der Waals surface area contributed by atoms with Crippen molar-refractivity contribution in [2.45, 2.75) is 52.1 Å². The number of hydrogen-bond acceptors (Lipinski definition) is 4. The number of carbonyl (C=O) groups excluding carboxylic acids is 3. The molecule has 33 heavy (non-hydrogen) atoms. The molecule has 0 saturated carbocycles. The smallest absolute Gasteiger partial charge is 0.247 e. The summed E-state index contributed by atoms with van der Waals surface area (Å²) in [5, 5.41) is 16.1. The molecule has 0 spiro atoms. The molecular formula is C25H34ClN3O4. The maximum Gasteiger partial charge on any atom is 0.247 e. The quantitative estimate of drug-likeness (QED) is 0.503. The zero-order valence-corrected chi connectivity index (χ0v) is 20.4. The van der Waals surface area contributed by atoms with Gasteiger partial charge in [0.05, 0.1) is 35.2 Å². The van der Waals surface area contributed by atoms with Crippen LogP contribution >= 0.6 is 11.6 Å². The molecule has 1 aliphatic carbocycles. The molecule has 0 aromatic heterocycles. The highest BCUT2D eigenvalue weighted by atomic mass is 35.5. The minimum absolute atomic E-state index is 0.0798. The van der Waals surface area contributed by atoms with E-state index in [9.17, 15) is 19.5 Å². The number of halogens is 1. The van der Waals surface area contributed by atoms with Crippen LogP contribution in [0.4, 0.5) is 5.69 Å². The van der Waals surface area contributed by atoms with E-state index in [1.54, 1.807) is 19.2 Å². The summed E-state index contributed by atoms with van der Waals surface area (Å²) in [5.74, 6) is -2.59. The number of rotatable bonds is 8. The van der Waals surface area contributed by atoms with Gasteiger partial charge >= 0.3 is 0 Å². The number of nitrogens with zero attached hydrogens (tertiary/aromatic N) is 1. The van der Waals surface area contributed by atoms with Gasteiger partial charge in [0.2, 0.25) is 17.7 Å². The number of allylic oxidation sites excluding steroid dienone is 1. The van der Waals surface area contributed by atoms with Crippen LogP contribution in [0.1, 0.15) is 38.7 Å². The Kier molecular flexibility index (Phi) is 8.19. The van der Waals surface area contributed by atoms with Crippen molar-refractivity contribution < 1.29 is 19.5 Å². The third-order valence-corrected chi connectivity index (χ3v) is 7.35. The fourth-order valence-corrected chi connectivity index (χ4v) is 5.64. The summed E-state index contributed by atoms with van der Waals surface area (Å²) in [4.78, 5) is 41.9. The first-order valence-corrected chi connectivity index (χ1v) is 12.1. The Bertz CT molecular complexity index is 910. The molecule has 2 aliphatic rings. The number of carbonyl (C=O) groups is 3. The van der Waals surface area contributed by atoms with E-state index in [2.05, 4.69) is 10.6 Å². The number of anilines is 1. The second-order valence-corrected chi connectivity index (χ2v) is 9.34. The maximum atomic E-state index is 13.8. The van der Waals surface area contributed by atoms with Gasteiger partial charge in [-0.1, -0.05) is 56.2 Å². The average molecular weight is 476 g/mol. The molecule has 1 saturated heterocycles. The van der Waals surface area contributed by atoms with Crippen LogP contribution in [0.25, 0.3) is 0 Å². The highest BCUT2D eigenvalue weighted by Crippen LogP contribution is 2.46. The van der Waals surface area contributed by atoms with E-state index in [0.29, 0.717) is 17.1 Å². The predicted octanol–water partition coefficient (Wildman–Crippen LogP) is 3.15. The van der Waals surface area contributed by atoms with Gasteiger partial charge in [0.1, 0.15) is 6.04 Å². The van der Waals surface area contributed by atoms with Gasteiger partial charge in [0.15, 0.2) is 0 Å². The fraction of sp³-hybridized carbons (Fsp3) is 0.560. The molecule has 1 aromatic rings. The van der Waals surface area contributed by atoms with Crippen LogP contribution in [0.15, 0.2) is 30.4 Å². The van der Waals surface area contributed by atoms with Gasteiger partial charge in [0, 0.05) is 13.0 Å². The summed E-state index contributed by atoms with van der Waals surface area (Å²) in [5.41, 5.74) is 1.31. The predicted molar refractivity (Wildman–Crippen MR) is 129 cm³/mol. The Morgan fingerprint density at radius 1 is 1.21 bits per heavy atom. The van der Waals surface area contributed by atoms with Crippen molar-refractivity contribution in [1.29, 1.82) is 0 Å². The number of aryl methyl sites for hydroxylation is 1. The van der Waals surface area contributed by atoms with Gasteiger partial charge in [0.25, 0.3) is 0 Å². The molecule has 6 atom stereocenters. The van der Waals surface area contributed by atoms with Crippen molar-refractivity contribution in [3.8, 4) is 0 Å². The van der Waals surface area contributed by atoms with Gasteiger partial charge in [-0.25, -0.2) is 0 Å². The van der Waals surface area contributed by atoms with E-state index in [1.807, 2.05) is 39.0 Å². The highest BCUT2D eigenvalue weighted by Gasteiger charge is 2.58. The largest absolute Gasteiger partial charge is 0.394 e. The number of aliphatic hydroxyl groups is 1. The minimum atomic E-state index is -0.846. The van der Waals surface area contributed by atoms with Crippen LogP contribution in [-0.4, -0.2) is 53.5 Å². The van der Waals surface area contributed by atoms with Gasteiger partial charge in [-0.15, -0.1) is 0 Å². The average Bonchev–Trinajstić information content (AvgIpc) is 3.09. The zero-order chi connectivity index (χ0) is 24.3. The lowest BCUT2D eigenvalue weighted by atomic mass is 9.68. The lowest BCUT2D eigenvalue weighted by molar-refractivity contribution is -0.142. The van der Waals surface area contributed by atoms with Crippen LogP contribution in [0, 0.1) is 30.6 Å². The molecule has 1 heterocycles. The number of para-hydroxylation sites is 1. The zero-order valence-electron chi connectivity index (χ0n) is 19.7. The summed E-state index contributed by atoms with van der Waals surface area (Å²) in [6.07, 6.45) is 6.06. The molecule has 1 aliphatic heterocycles. The maximum absolute atomic E-state index is 13.8. The molecule has 3 N–H and O–H groups in total. The van der Waals surface area contributed by atoms with Gasteiger partial charge in [-0.2, -0.15) is 0 Å². The molecule has 0 bridgehead atoms. The Labute approximate surface area is 200 Å². The molecular weight excluding hydrogens is 442 g/mol. The highest BCUT2D eigenvalue weighted by molar-refractivity contribution is 6.34. The van der Waals surface area contributed by atoms with E-state index in [4.69, 9.17) is 11.6 Å². The molecule has 0 unspecified atom stereocenters. The first-order chi connectivity index (χ1) is 15.8. The monoisotopic (exact) mass is 475 g/mol. The van der Waals surface area contributed by atoms with E-state index < -0.39 is 29.8 Å². The summed E-state index contributed by atoms with van der Waals surface area (Å²) < 4.78 is 0. The number of likely N-dealkylation sites (tertiary alicyclic amines) is 1. The van der Waals surface area contributed by atoms with E-state index in [-0.39, 0.29) is 30.2 Å². The van der Waals surface area contributed by atoms with Crippen molar-refractivity contribution in [3.63, 3.8) is 0 Å². The molecule has 7 nitrogen and oxygen atoms in total. The number of aliphatic hydroxyl groups excluding tert-OH is 1. The number of benzene rings is 1. The van der Waals surface area contributed by atoms with Crippen LogP contribution in [0.2, 0.25) is 5.02 Å². The first-order valence-electron chi connectivity index (χ1n) is 11.7. The number of fused-ring (bicyclic) bond motifs is 1. The van der Waals surface area contributed by atoms with E-state index in [0.717, 1.165) is 18.4 Å². The van der Waals surface area contributed by atoms with Crippen molar-refractivity contribution >= 4 is 35.0 Å². The molecule has 8 heteroatoms. The van der Waals surface area contributed by atoms with Crippen LogP contribution in [0.3, 0.4) is 0 Å². The molecule has 1 aromatic carbocycles. The van der Waals surface area contributed by atoms with Crippen molar-refractivity contribution in [2.75, 3.05) is 19.0 Å². The van der Waals surface area contributed by atoms with Gasteiger partial charge in [-0.05, 0) is 37.3 Å². The van der Waals surface area contributed by atoms with Crippen molar-refractivity contribution in [3.05, 3.63) is 40.9 Å². The standard InChI is InChI=1S/C25H34ClN3O4/c1-5-8-15-11-12-17-20(19(15)23(31)27-4)25(33)29(16(6-2)13-30)22(17)24(32)28-21-14(3)9-7-10-18(21)26/h7,9-12,15-17,19-20,22,30H,5-6,8,13H2,1-4H3,(H,27,31)(H,28,32)/t15-,16+,17+,19-,20+,22+/m1/s1. The van der Waals surface area contributed by atoms with Crippen LogP contribution < -0.4 is 10.6 Å². The summed E-state index contributed by atoms with van der Waals surface area (Å²) in [7, 11) is 1.57. The van der Waals surface area contributed by atoms with Gasteiger partial charge in [-0.3, -0.25) is 14.4 Å². The summed E-state index contributed by atoms with van der Waals surface area (Å²) >= 11 is 6.34. The fourth-order valence-electron chi connectivity index (χ4n) is 5.37. The molecule has 180 valence electrons. The third-order valence-electron chi connectivity index (χ3n) is 7.03. The number of hydrogen-bond donors (Lipinski definition) is 3. The lowest BCUT2D eigenvalue weighted by Crippen LogP contribution is -2.50. The van der Waals surface area contributed by atoms with E-state index in [1.165, 1.54) is 4.90 Å². The topological polar surface area (TPSA) is 98.7 Å². The molecule has 0 radical (unpaired) electrons. The Hall–Kier alpha value is -2.38.